The molecular weight excluding hydrogens is 302 g/mol. The van der Waals surface area contributed by atoms with Gasteiger partial charge >= 0.3 is 0 Å². The van der Waals surface area contributed by atoms with Crippen LogP contribution in [0.2, 0.25) is 0 Å². The first-order valence-corrected chi connectivity index (χ1v) is 9.18. The van der Waals surface area contributed by atoms with Crippen molar-refractivity contribution in [1.82, 2.24) is 10.6 Å². The van der Waals surface area contributed by atoms with Crippen LogP contribution in [-0.2, 0) is 16.4 Å². The number of nitrogens with zero attached hydrogens (tertiary/aromatic N) is 1. The van der Waals surface area contributed by atoms with Crippen LogP contribution in [0.3, 0.4) is 0 Å². The Morgan fingerprint density at radius 1 is 1.18 bits per heavy atom. The van der Waals surface area contributed by atoms with Crippen molar-refractivity contribution in [2.24, 2.45) is 4.99 Å². The van der Waals surface area contributed by atoms with E-state index < -0.39 is 9.84 Å². The molecule has 2 N–H and O–H groups in total. The highest BCUT2D eigenvalue weighted by Crippen LogP contribution is 2.11. The Kier molecular flexibility index (Phi) is 7.73. The number of rotatable bonds is 8. The number of aliphatic imine (C=N–C) groups is 1. The summed E-state index contributed by atoms with van der Waals surface area (Å²) < 4.78 is 28.0. The maximum absolute atomic E-state index is 11.5. The molecule has 22 heavy (non-hydrogen) atoms. The van der Waals surface area contributed by atoms with Crippen LogP contribution in [0, 0.1) is 0 Å². The van der Waals surface area contributed by atoms with Gasteiger partial charge in [-0.3, -0.25) is 0 Å². The number of nitrogens with one attached hydrogen (secondary N) is 2. The van der Waals surface area contributed by atoms with Crippen molar-refractivity contribution in [3.05, 3.63) is 29.8 Å². The van der Waals surface area contributed by atoms with Gasteiger partial charge in [0.05, 0.1) is 19.4 Å². The van der Waals surface area contributed by atoms with Crippen molar-refractivity contribution >= 4 is 15.8 Å². The topological polar surface area (TPSA) is 79.8 Å². The Labute approximate surface area is 132 Å². The Morgan fingerprint density at radius 2 is 1.86 bits per heavy atom. The van der Waals surface area contributed by atoms with Gasteiger partial charge in [0.15, 0.2) is 15.8 Å². The van der Waals surface area contributed by atoms with Crippen molar-refractivity contribution in [1.29, 1.82) is 0 Å². The molecule has 0 unspecified atom stereocenters. The van der Waals surface area contributed by atoms with E-state index in [2.05, 4.69) is 15.6 Å². The Bertz CT molecular complexity index is 568. The van der Waals surface area contributed by atoms with E-state index in [1.54, 1.807) is 14.0 Å². The third kappa shape index (κ3) is 6.80. The lowest BCUT2D eigenvalue weighted by molar-refractivity contribution is 0.414. The molecule has 0 atom stereocenters. The highest BCUT2D eigenvalue weighted by molar-refractivity contribution is 7.91. The zero-order valence-corrected chi connectivity index (χ0v) is 14.2. The first-order valence-electron chi connectivity index (χ1n) is 7.36. The zero-order valence-electron chi connectivity index (χ0n) is 13.4. The number of benzene rings is 1. The van der Waals surface area contributed by atoms with E-state index in [1.165, 1.54) is 0 Å². The van der Waals surface area contributed by atoms with E-state index in [4.69, 9.17) is 4.74 Å². The Morgan fingerprint density at radius 3 is 2.41 bits per heavy atom. The third-order valence-electron chi connectivity index (χ3n) is 3.07. The summed E-state index contributed by atoms with van der Waals surface area (Å²) in [7, 11) is -1.33. The fourth-order valence-electron chi connectivity index (χ4n) is 1.71. The molecule has 0 bridgehead atoms. The Hall–Kier alpha value is -1.76. The quantitative estimate of drug-likeness (QED) is 0.554. The minimum Gasteiger partial charge on any atom is -0.497 e. The lowest BCUT2D eigenvalue weighted by Gasteiger charge is -2.11. The second kappa shape index (κ2) is 9.30. The average molecular weight is 327 g/mol. The highest BCUT2D eigenvalue weighted by atomic mass is 32.2. The van der Waals surface area contributed by atoms with Crippen molar-refractivity contribution < 1.29 is 13.2 Å². The first kappa shape index (κ1) is 18.3. The van der Waals surface area contributed by atoms with E-state index in [0.717, 1.165) is 17.9 Å². The molecular formula is C15H25N3O3S. The van der Waals surface area contributed by atoms with Crippen LogP contribution in [0.15, 0.2) is 29.3 Å². The third-order valence-corrected chi connectivity index (χ3v) is 4.77. The van der Waals surface area contributed by atoms with Gasteiger partial charge in [-0.25, -0.2) is 13.4 Å². The fourth-order valence-corrected chi connectivity index (χ4v) is 2.41. The van der Waals surface area contributed by atoms with E-state index in [9.17, 15) is 8.42 Å². The summed E-state index contributed by atoms with van der Waals surface area (Å²) in [5.41, 5.74) is 1.05. The molecule has 0 aromatic heterocycles. The van der Waals surface area contributed by atoms with E-state index in [0.29, 0.717) is 19.0 Å². The predicted octanol–water partition coefficient (Wildman–Crippen LogP) is 1.19. The van der Waals surface area contributed by atoms with Gasteiger partial charge in [-0.2, -0.15) is 0 Å². The summed E-state index contributed by atoms with van der Waals surface area (Å²) in [6.45, 7) is 5.20. The van der Waals surface area contributed by atoms with Gasteiger partial charge in [0, 0.05) is 18.8 Å². The molecule has 0 amide bonds. The van der Waals surface area contributed by atoms with Crippen LogP contribution in [-0.4, -0.2) is 46.1 Å². The standard InChI is InChI=1S/C15H25N3O3S/c1-4-16-15(17-10-11-22(19,20)5-2)18-12-13-6-8-14(21-3)9-7-13/h6-9H,4-5,10-12H2,1-3H3,(H2,16,17,18). The normalized spacial score (nSPS) is 12.0. The van der Waals surface area contributed by atoms with Crippen molar-refractivity contribution in [3.8, 4) is 5.75 Å². The van der Waals surface area contributed by atoms with Gasteiger partial charge in [0.1, 0.15) is 5.75 Å². The molecule has 1 aromatic carbocycles. The van der Waals surface area contributed by atoms with E-state index in [1.807, 2.05) is 31.2 Å². The van der Waals surface area contributed by atoms with Crippen LogP contribution in [0.25, 0.3) is 0 Å². The van der Waals surface area contributed by atoms with Gasteiger partial charge in [0.2, 0.25) is 0 Å². The summed E-state index contributed by atoms with van der Waals surface area (Å²) >= 11 is 0. The second-order valence-electron chi connectivity index (χ2n) is 4.71. The maximum atomic E-state index is 11.5. The van der Waals surface area contributed by atoms with Crippen molar-refractivity contribution in [2.75, 3.05) is 31.7 Å². The molecule has 1 aromatic rings. The number of hydrogen-bond acceptors (Lipinski definition) is 4. The van der Waals surface area contributed by atoms with Gasteiger partial charge in [-0.05, 0) is 24.6 Å². The average Bonchev–Trinajstić information content (AvgIpc) is 2.53. The molecule has 6 nitrogen and oxygen atoms in total. The smallest absolute Gasteiger partial charge is 0.191 e. The predicted molar refractivity (Wildman–Crippen MR) is 90.1 cm³/mol. The number of sulfone groups is 1. The van der Waals surface area contributed by atoms with Gasteiger partial charge in [-0.15, -0.1) is 0 Å². The molecule has 0 aliphatic rings. The summed E-state index contributed by atoms with van der Waals surface area (Å²) in [4.78, 5) is 4.44. The number of guanidine groups is 1. The maximum Gasteiger partial charge on any atom is 0.191 e. The number of ether oxygens (including phenoxy) is 1. The number of hydrogen-bond donors (Lipinski definition) is 2. The summed E-state index contributed by atoms with van der Waals surface area (Å²) in [5.74, 6) is 1.69. The van der Waals surface area contributed by atoms with Crippen LogP contribution in [0.4, 0.5) is 0 Å². The molecule has 0 heterocycles. The van der Waals surface area contributed by atoms with Gasteiger partial charge in [0.25, 0.3) is 0 Å². The minimum absolute atomic E-state index is 0.108. The molecule has 0 radical (unpaired) electrons. The van der Waals surface area contributed by atoms with Crippen LogP contribution in [0.5, 0.6) is 5.75 Å². The Balaban J connectivity index is 2.57. The van der Waals surface area contributed by atoms with Crippen LogP contribution < -0.4 is 15.4 Å². The molecule has 0 saturated carbocycles. The minimum atomic E-state index is -2.96. The first-order chi connectivity index (χ1) is 10.5. The zero-order chi connectivity index (χ0) is 16.4. The van der Waals surface area contributed by atoms with Crippen molar-refractivity contribution in [3.63, 3.8) is 0 Å². The van der Waals surface area contributed by atoms with Crippen molar-refractivity contribution in [2.45, 2.75) is 20.4 Å². The van der Waals surface area contributed by atoms with Crippen LogP contribution >= 0.6 is 0 Å². The molecule has 7 heteroatoms. The lowest BCUT2D eigenvalue weighted by atomic mass is 10.2. The molecule has 0 spiro atoms. The summed E-state index contributed by atoms with van der Waals surface area (Å²) in [6, 6.07) is 7.68. The SMILES string of the molecule is CCNC(=NCc1ccc(OC)cc1)NCCS(=O)(=O)CC. The lowest BCUT2D eigenvalue weighted by Crippen LogP contribution is -2.39. The summed E-state index contributed by atoms with van der Waals surface area (Å²) in [5, 5.41) is 6.14. The molecule has 0 saturated heterocycles. The fraction of sp³-hybridized carbons (Fsp3) is 0.533. The van der Waals surface area contributed by atoms with Crippen LogP contribution in [0.1, 0.15) is 19.4 Å². The molecule has 0 aliphatic heterocycles. The monoisotopic (exact) mass is 327 g/mol. The van der Waals surface area contributed by atoms with E-state index >= 15 is 0 Å². The molecule has 1 rings (SSSR count). The number of methoxy groups -OCH3 is 1. The molecule has 0 aliphatic carbocycles. The molecule has 0 fully saturated rings. The van der Waals surface area contributed by atoms with Gasteiger partial charge in [-0.1, -0.05) is 19.1 Å². The highest BCUT2D eigenvalue weighted by Gasteiger charge is 2.07. The molecule has 124 valence electrons. The van der Waals surface area contributed by atoms with E-state index in [-0.39, 0.29) is 11.5 Å². The summed E-state index contributed by atoms with van der Waals surface area (Å²) in [6.07, 6.45) is 0. The van der Waals surface area contributed by atoms with Gasteiger partial charge < -0.3 is 15.4 Å². The second-order valence-corrected chi connectivity index (χ2v) is 7.18. The largest absolute Gasteiger partial charge is 0.497 e.